The van der Waals surface area contributed by atoms with Crippen LogP contribution in [0.25, 0.3) is 0 Å². The minimum absolute atomic E-state index is 1.04. The van der Waals surface area contributed by atoms with Gasteiger partial charge in [0.1, 0.15) is 7.38 Å². The van der Waals surface area contributed by atoms with Gasteiger partial charge in [-0.2, -0.15) is 11.1 Å². The number of nitrogens with zero attached hydrogens (tertiary/aromatic N) is 1. The molecule has 0 fully saturated rings. The van der Waals surface area contributed by atoms with Crippen molar-refractivity contribution in [1.82, 2.24) is 0 Å². The average molecular weight is 318 g/mol. The Balaban J connectivity index is 2.04. The maximum atomic E-state index is 6.41. The largest absolute Gasteiger partial charge is 0.341 e. The summed E-state index contributed by atoms with van der Waals surface area (Å²) in [5, 5.41) is 0. The molecule has 21 heavy (non-hydrogen) atoms. The molecule has 0 saturated heterocycles. The van der Waals surface area contributed by atoms with E-state index in [1.165, 1.54) is 30.3 Å². The number of hydrogen-bond acceptors (Lipinski definition) is 1. The molecule has 0 saturated carbocycles. The fourth-order valence-corrected chi connectivity index (χ4v) is 3.93. The molecule has 0 aliphatic carbocycles. The van der Waals surface area contributed by atoms with Crippen LogP contribution in [0, 0.1) is 0 Å². The molecular formula is C18H24ClNSi. The third-order valence-electron chi connectivity index (χ3n) is 3.54. The van der Waals surface area contributed by atoms with E-state index in [1.807, 2.05) is 0 Å². The highest BCUT2D eigenvalue weighted by molar-refractivity contribution is 7.19. The van der Waals surface area contributed by atoms with Crippen molar-refractivity contribution in [2.24, 2.45) is 0 Å². The third kappa shape index (κ3) is 5.56. The van der Waals surface area contributed by atoms with Gasteiger partial charge in [0, 0.05) is 17.9 Å². The zero-order chi connectivity index (χ0) is 15.1. The lowest BCUT2D eigenvalue weighted by Crippen LogP contribution is -2.20. The highest BCUT2D eigenvalue weighted by Gasteiger charge is 2.16. The van der Waals surface area contributed by atoms with Crippen molar-refractivity contribution in [1.29, 1.82) is 0 Å². The third-order valence-corrected chi connectivity index (χ3v) is 5.65. The first kappa shape index (κ1) is 16.1. The zero-order valence-electron chi connectivity index (χ0n) is 12.9. The summed E-state index contributed by atoms with van der Waals surface area (Å²) in [5.74, 6) is 0. The monoisotopic (exact) mass is 317 g/mol. The van der Waals surface area contributed by atoms with E-state index in [-0.39, 0.29) is 0 Å². The Bertz CT molecular complexity index is 482. The summed E-state index contributed by atoms with van der Waals surface area (Å²) < 4.78 is 0. The van der Waals surface area contributed by atoms with Crippen molar-refractivity contribution in [3.05, 3.63) is 60.7 Å². The predicted molar refractivity (Wildman–Crippen MR) is 97.3 cm³/mol. The summed E-state index contributed by atoms with van der Waals surface area (Å²) in [6.07, 6.45) is 2.38. The molecule has 2 aromatic rings. The van der Waals surface area contributed by atoms with Gasteiger partial charge in [-0.05, 0) is 36.7 Å². The first-order chi connectivity index (χ1) is 10.1. The molecule has 0 radical (unpaired) electrons. The molecule has 0 aliphatic heterocycles. The molecule has 0 amide bonds. The van der Waals surface area contributed by atoms with Crippen LogP contribution < -0.4 is 4.90 Å². The fourth-order valence-electron chi connectivity index (χ4n) is 2.44. The van der Waals surface area contributed by atoms with E-state index in [2.05, 4.69) is 78.7 Å². The molecule has 0 unspecified atom stereocenters. The van der Waals surface area contributed by atoms with Crippen molar-refractivity contribution in [2.45, 2.75) is 32.0 Å². The Morgan fingerprint density at radius 3 is 1.71 bits per heavy atom. The van der Waals surface area contributed by atoms with Gasteiger partial charge >= 0.3 is 0 Å². The second-order valence-electron chi connectivity index (χ2n) is 6.00. The van der Waals surface area contributed by atoms with E-state index in [4.69, 9.17) is 11.1 Å². The fraction of sp³-hybridized carbons (Fsp3) is 0.333. The van der Waals surface area contributed by atoms with Gasteiger partial charge in [0.25, 0.3) is 0 Å². The Morgan fingerprint density at radius 2 is 1.29 bits per heavy atom. The van der Waals surface area contributed by atoms with Crippen molar-refractivity contribution >= 4 is 29.8 Å². The van der Waals surface area contributed by atoms with Gasteiger partial charge in [-0.3, -0.25) is 0 Å². The van der Waals surface area contributed by atoms with Crippen LogP contribution in [0.5, 0.6) is 0 Å². The number of rotatable bonds is 7. The molecule has 0 N–H and O–H groups in total. The molecule has 2 aromatic carbocycles. The van der Waals surface area contributed by atoms with Gasteiger partial charge < -0.3 is 4.90 Å². The normalized spacial score (nSPS) is 11.4. The van der Waals surface area contributed by atoms with Crippen LogP contribution >= 0.6 is 11.1 Å². The molecule has 0 atom stereocenters. The summed E-state index contributed by atoms with van der Waals surface area (Å²) in [6, 6.07) is 22.4. The molecule has 0 aliphatic rings. The lowest BCUT2D eigenvalue weighted by Gasteiger charge is -2.25. The van der Waals surface area contributed by atoms with Crippen LogP contribution in [0.2, 0.25) is 19.1 Å². The van der Waals surface area contributed by atoms with Gasteiger partial charge in [-0.1, -0.05) is 55.9 Å². The summed E-state index contributed by atoms with van der Waals surface area (Å²) in [5.41, 5.74) is 2.51. The van der Waals surface area contributed by atoms with Crippen LogP contribution in [-0.2, 0) is 0 Å². The van der Waals surface area contributed by atoms with Crippen molar-refractivity contribution < 1.29 is 0 Å². The first-order valence-electron chi connectivity index (χ1n) is 7.63. The molecule has 2 rings (SSSR count). The quantitative estimate of drug-likeness (QED) is 0.341. The molecule has 1 nitrogen and oxygen atoms in total. The molecular weight excluding hydrogens is 294 g/mol. The van der Waals surface area contributed by atoms with Gasteiger partial charge in [-0.15, -0.1) is 0 Å². The first-order valence-corrected chi connectivity index (χ1v) is 11.8. The standard InChI is InChI=1S/C18H24ClNSi/c1-21(2,19)16-10-9-15-20(17-11-5-3-6-12-17)18-13-7-4-8-14-18/h3-8,11-14H,9-10,15-16H2,1-2H3. The van der Waals surface area contributed by atoms with E-state index in [0.29, 0.717) is 0 Å². The minimum atomic E-state index is -1.43. The van der Waals surface area contributed by atoms with Gasteiger partial charge in [0.15, 0.2) is 0 Å². The van der Waals surface area contributed by atoms with Crippen LogP contribution in [0.3, 0.4) is 0 Å². The Labute approximate surface area is 134 Å². The maximum Gasteiger partial charge on any atom is 0.150 e. The summed E-state index contributed by atoms with van der Waals surface area (Å²) in [7, 11) is -1.43. The SMILES string of the molecule is C[Si](C)(Cl)CCCCN(c1ccccc1)c1ccccc1. The van der Waals surface area contributed by atoms with Crippen molar-refractivity contribution in [2.75, 3.05) is 11.4 Å². The number of unbranched alkanes of at least 4 members (excludes halogenated alkanes) is 1. The molecule has 0 aromatic heterocycles. The van der Waals surface area contributed by atoms with Gasteiger partial charge in [0.2, 0.25) is 0 Å². The maximum absolute atomic E-state index is 6.41. The smallest absolute Gasteiger partial charge is 0.150 e. The van der Waals surface area contributed by atoms with E-state index in [1.54, 1.807) is 0 Å². The lowest BCUT2D eigenvalue weighted by atomic mass is 10.2. The van der Waals surface area contributed by atoms with Crippen LogP contribution in [0.4, 0.5) is 11.4 Å². The van der Waals surface area contributed by atoms with E-state index in [0.717, 1.165) is 6.54 Å². The second-order valence-corrected chi connectivity index (χ2v) is 13.0. The molecule has 0 spiro atoms. The highest BCUT2D eigenvalue weighted by atomic mass is 35.6. The number of halogens is 1. The Morgan fingerprint density at radius 1 is 0.810 bits per heavy atom. The minimum Gasteiger partial charge on any atom is -0.341 e. The van der Waals surface area contributed by atoms with Gasteiger partial charge in [-0.25, -0.2) is 0 Å². The van der Waals surface area contributed by atoms with E-state index < -0.39 is 7.38 Å². The average Bonchev–Trinajstić information content (AvgIpc) is 2.48. The Hall–Kier alpha value is -1.25. The van der Waals surface area contributed by atoms with Crippen molar-refractivity contribution in [3.8, 4) is 0 Å². The molecule has 112 valence electrons. The number of para-hydroxylation sites is 2. The molecule has 3 heteroatoms. The Kier molecular flexibility index (Phi) is 5.89. The predicted octanol–water partition coefficient (Wildman–Crippen LogP) is 6.05. The zero-order valence-corrected chi connectivity index (χ0v) is 14.7. The summed E-state index contributed by atoms with van der Waals surface area (Å²) >= 11 is 6.41. The topological polar surface area (TPSA) is 3.24 Å². The highest BCUT2D eigenvalue weighted by Crippen LogP contribution is 2.26. The summed E-state index contributed by atoms with van der Waals surface area (Å²) in [6.45, 7) is 5.48. The summed E-state index contributed by atoms with van der Waals surface area (Å²) in [4.78, 5) is 2.39. The number of anilines is 2. The van der Waals surface area contributed by atoms with Gasteiger partial charge in [0.05, 0.1) is 0 Å². The van der Waals surface area contributed by atoms with Crippen LogP contribution in [0.1, 0.15) is 12.8 Å². The molecule has 0 heterocycles. The molecule has 0 bridgehead atoms. The van der Waals surface area contributed by atoms with Crippen molar-refractivity contribution in [3.63, 3.8) is 0 Å². The van der Waals surface area contributed by atoms with Crippen LogP contribution in [0.15, 0.2) is 60.7 Å². The second kappa shape index (κ2) is 7.67. The van der Waals surface area contributed by atoms with E-state index >= 15 is 0 Å². The van der Waals surface area contributed by atoms with Crippen LogP contribution in [-0.4, -0.2) is 13.9 Å². The lowest BCUT2D eigenvalue weighted by molar-refractivity contribution is 0.779. The number of benzene rings is 2. The van der Waals surface area contributed by atoms with E-state index in [9.17, 15) is 0 Å². The number of hydrogen-bond donors (Lipinski definition) is 0.